The number of hydrogen-bond acceptors (Lipinski definition) is 2. The topological polar surface area (TPSA) is 54.3 Å². The molecular weight excluding hydrogens is 276 g/mol. The Hall–Kier alpha value is -1.81. The number of carbonyl (C=O) groups is 1. The molecule has 1 aromatic carbocycles. The van der Waals surface area contributed by atoms with Crippen LogP contribution in [0.4, 0.5) is 0 Å². The van der Waals surface area contributed by atoms with Gasteiger partial charge in [-0.2, -0.15) is 0 Å². The molecule has 0 aliphatic carbocycles. The van der Waals surface area contributed by atoms with E-state index in [0.29, 0.717) is 12.1 Å². The fourth-order valence-electron chi connectivity index (χ4n) is 2.91. The Labute approximate surface area is 132 Å². The Morgan fingerprint density at radius 3 is 2.64 bits per heavy atom. The Balaban J connectivity index is 2.15. The van der Waals surface area contributed by atoms with E-state index in [1.807, 2.05) is 69.8 Å². The van der Waals surface area contributed by atoms with Crippen LogP contribution in [0.15, 0.2) is 30.5 Å². The van der Waals surface area contributed by atoms with Crippen LogP contribution in [0.1, 0.15) is 38.1 Å². The van der Waals surface area contributed by atoms with Crippen molar-refractivity contribution in [2.24, 2.45) is 18.4 Å². The number of aliphatic hydroxyl groups is 1. The first-order chi connectivity index (χ1) is 10.2. The molecule has 1 atom stereocenters. The third-order valence-electron chi connectivity index (χ3n) is 4.31. The van der Waals surface area contributed by atoms with E-state index in [2.05, 4.69) is 5.32 Å². The van der Waals surface area contributed by atoms with Gasteiger partial charge >= 0.3 is 0 Å². The van der Waals surface area contributed by atoms with Crippen molar-refractivity contribution in [2.75, 3.05) is 6.54 Å². The van der Waals surface area contributed by atoms with Gasteiger partial charge in [0.2, 0.25) is 0 Å². The number of nitrogens with one attached hydrogen (secondary N) is 1. The Morgan fingerprint density at radius 2 is 2.00 bits per heavy atom. The highest BCUT2D eigenvalue weighted by Gasteiger charge is 2.30. The minimum absolute atomic E-state index is 0.0965. The van der Waals surface area contributed by atoms with Gasteiger partial charge in [-0.3, -0.25) is 4.79 Å². The van der Waals surface area contributed by atoms with Crippen LogP contribution in [0.25, 0.3) is 10.9 Å². The number of rotatable bonds is 5. The summed E-state index contributed by atoms with van der Waals surface area (Å²) >= 11 is 0. The number of carbonyl (C=O) groups excluding carboxylic acids is 1. The number of amides is 1. The zero-order valence-electron chi connectivity index (χ0n) is 14.1. The highest BCUT2D eigenvalue weighted by atomic mass is 16.3. The summed E-state index contributed by atoms with van der Waals surface area (Å²) in [5.41, 5.74) is 1.34. The monoisotopic (exact) mass is 302 g/mol. The second kappa shape index (κ2) is 6.13. The van der Waals surface area contributed by atoms with Gasteiger partial charge in [0, 0.05) is 41.7 Å². The highest BCUT2D eigenvalue weighted by Crippen LogP contribution is 2.25. The molecule has 0 aliphatic heterocycles. The van der Waals surface area contributed by atoms with Crippen LogP contribution in [0.3, 0.4) is 0 Å². The van der Waals surface area contributed by atoms with Crippen molar-refractivity contribution in [1.82, 2.24) is 9.88 Å². The fraction of sp³-hybridized carbons (Fsp3) is 0.500. The molecule has 0 saturated heterocycles. The largest absolute Gasteiger partial charge is 0.392 e. The molecular formula is C18H26N2O2. The molecule has 4 heteroatoms. The van der Waals surface area contributed by atoms with Gasteiger partial charge in [-0.25, -0.2) is 0 Å². The molecule has 0 spiro atoms. The van der Waals surface area contributed by atoms with E-state index in [9.17, 15) is 9.90 Å². The maximum absolute atomic E-state index is 12.5. The maximum Gasteiger partial charge on any atom is 0.251 e. The molecule has 22 heavy (non-hydrogen) atoms. The van der Waals surface area contributed by atoms with Crippen LogP contribution >= 0.6 is 0 Å². The van der Waals surface area contributed by atoms with Crippen LogP contribution in [0.5, 0.6) is 0 Å². The van der Waals surface area contributed by atoms with Crippen LogP contribution < -0.4 is 5.32 Å². The molecule has 1 aromatic heterocycles. The van der Waals surface area contributed by atoms with Gasteiger partial charge in [-0.05, 0) is 24.1 Å². The van der Waals surface area contributed by atoms with E-state index in [1.165, 1.54) is 0 Å². The van der Waals surface area contributed by atoms with Crippen molar-refractivity contribution < 1.29 is 9.90 Å². The first-order valence-corrected chi connectivity index (χ1v) is 7.74. The van der Waals surface area contributed by atoms with Gasteiger partial charge in [-0.1, -0.05) is 33.8 Å². The van der Waals surface area contributed by atoms with Crippen molar-refractivity contribution in [3.8, 4) is 0 Å². The van der Waals surface area contributed by atoms with E-state index < -0.39 is 6.10 Å². The van der Waals surface area contributed by atoms with Crippen molar-refractivity contribution in [1.29, 1.82) is 0 Å². The summed E-state index contributed by atoms with van der Waals surface area (Å²) in [5.74, 6) is 0.0605. The first kappa shape index (κ1) is 16.6. The number of hydrogen-bond donors (Lipinski definition) is 2. The van der Waals surface area contributed by atoms with Gasteiger partial charge in [0.15, 0.2) is 0 Å². The number of nitrogens with zero attached hydrogens (tertiary/aromatic N) is 1. The minimum atomic E-state index is -0.458. The molecule has 0 aliphatic rings. The van der Waals surface area contributed by atoms with Crippen molar-refractivity contribution in [3.05, 3.63) is 36.0 Å². The quantitative estimate of drug-likeness (QED) is 0.892. The summed E-state index contributed by atoms with van der Waals surface area (Å²) in [7, 11) is 1.96. The highest BCUT2D eigenvalue weighted by molar-refractivity contribution is 6.06. The van der Waals surface area contributed by atoms with E-state index >= 15 is 0 Å². The Morgan fingerprint density at radius 1 is 1.32 bits per heavy atom. The lowest BCUT2D eigenvalue weighted by Crippen LogP contribution is -2.43. The summed E-state index contributed by atoms with van der Waals surface area (Å²) in [6, 6.07) is 7.69. The molecule has 2 aromatic rings. The van der Waals surface area contributed by atoms with Gasteiger partial charge in [0.25, 0.3) is 5.91 Å². The average Bonchev–Trinajstić information content (AvgIpc) is 2.85. The lowest BCUT2D eigenvalue weighted by atomic mass is 9.80. The van der Waals surface area contributed by atoms with E-state index in [-0.39, 0.29) is 17.2 Å². The number of aryl methyl sites for hydroxylation is 1. The second-order valence-electron chi connectivity index (χ2n) is 7.03. The summed E-state index contributed by atoms with van der Waals surface area (Å²) in [5, 5.41) is 14.2. The predicted molar refractivity (Wildman–Crippen MR) is 89.9 cm³/mol. The molecule has 1 amide bonds. The lowest BCUT2D eigenvalue weighted by molar-refractivity contribution is 0.0138. The Bertz CT molecular complexity index is 671. The zero-order chi connectivity index (χ0) is 16.5. The Kier molecular flexibility index (Phi) is 4.61. The molecule has 2 N–H and O–H groups in total. The molecule has 1 unspecified atom stereocenters. The molecule has 0 saturated carbocycles. The summed E-state index contributed by atoms with van der Waals surface area (Å²) in [6.07, 6.45) is 1.49. The van der Waals surface area contributed by atoms with Crippen molar-refractivity contribution in [2.45, 2.75) is 33.8 Å². The molecule has 2 rings (SSSR count). The lowest BCUT2D eigenvalue weighted by Gasteiger charge is -2.33. The molecule has 0 bridgehead atoms. The second-order valence-corrected chi connectivity index (χ2v) is 7.03. The third kappa shape index (κ3) is 3.17. The summed E-state index contributed by atoms with van der Waals surface area (Å²) in [4.78, 5) is 12.5. The third-order valence-corrected chi connectivity index (χ3v) is 4.31. The summed E-state index contributed by atoms with van der Waals surface area (Å²) < 4.78 is 2.00. The molecule has 1 heterocycles. The molecule has 0 fully saturated rings. The van der Waals surface area contributed by atoms with Crippen LogP contribution in [-0.4, -0.2) is 28.2 Å². The SMILES string of the molecule is CC(C)C(O)C(C)(C)CNC(=O)c1cccc2c1ccn2C. The normalized spacial score (nSPS) is 13.6. The van der Waals surface area contributed by atoms with Crippen LogP contribution in [0, 0.1) is 11.3 Å². The van der Waals surface area contributed by atoms with Gasteiger partial charge in [0.1, 0.15) is 0 Å². The number of fused-ring (bicyclic) bond motifs is 1. The van der Waals surface area contributed by atoms with Crippen LogP contribution in [-0.2, 0) is 7.05 Å². The standard InChI is InChI=1S/C18H26N2O2/c1-12(2)16(21)18(3,4)11-19-17(22)14-7-6-8-15-13(14)9-10-20(15)5/h6-10,12,16,21H,11H2,1-5H3,(H,19,22). The van der Waals surface area contributed by atoms with Crippen molar-refractivity contribution >= 4 is 16.8 Å². The first-order valence-electron chi connectivity index (χ1n) is 7.74. The number of aliphatic hydroxyl groups excluding tert-OH is 1. The van der Waals surface area contributed by atoms with E-state index in [0.717, 1.165) is 10.9 Å². The molecule has 4 nitrogen and oxygen atoms in total. The molecule has 120 valence electrons. The smallest absolute Gasteiger partial charge is 0.251 e. The van der Waals surface area contributed by atoms with Crippen LogP contribution in [0.2, 0.25) is 0 Å². The summed E-state index contributed by atoms with van der Waals surface area (Å²) in [6.45, 7) is 8.36. The van der Waals surface area contributed by atoms with E-state index in [1.54, 1.807) is 0 Å². The van der Waals surface area contributed by atoms with Gasteiger partial charge in [-0.15, -0.1) is 0 Å². The van der Waals surface area contributed by atoms with Gasteiger partial charge in [0.05, 0.1) is 6.10 Å². The van der Waals surface area contributed by atoms with Gasteiger partial charge < -0.3 is 15.0 Å². The minimum Gasteiger partial charge on any atom is -0.392 e. The predicted octanol–water partition coefficient (Wildman–Crippen LogP) is 2.95. The molecule has 0 radical (unpaired) electrons. The fourth-order valence-corrected chi connectivity index (χ4v) is 2.91. The maximum atomic E-state index is 12.5. The zero-order valence-corrected chi connectivity index (χ0v) is 14.1. The average molecular weight is 302 g/mol. The van der Waals surface area contributed by atoms with E-state index in [4.69, 9.17) is 0 Å². The number of aromatic nitrogens is 1. The number of benzene rings is 1. The van der Waals surface area contributed by atoms with Crippen molar-refractivity contribution in [3.63, 3.8) is 0 Å².